The Kier molecular flexibility index (Phi) is 3.90. The van der Waals surface area contributed by atoms with Crippen molar-refractivity contribution < 1.29 is 29.3 Å². The SMILES string of the molecule is O=C1Oc2ccccc2C(=O)[C@H]1C=N[C@H](CO)C(=O)[O-]. The van der Waals surface area contributed by atoms with Crippen LogP contribution in [0.4, 0.5) is 0 Å². The number of ketones is 1. The summed E-state index contributed by atoms with van der Waals surface area (Å²) >= 11 is 0. The number of carbonyl (C=O) groups is 3. The van der Waals surface area contributed by atoms with Crippen molar-refractivity contribution in [2.75, 3.05) is 6.61 Å². The third-order valence-electron chi connectivity index (χ3n) is 2.76. The molecule has 1 aromatic carbocycles. The largest absolute Gasteiger partial charge is 0.548 e. The van der Waals surface area contributed by atoms with E-state index >= 15 is 0 Å². The van der Waals surface area contributed by atoms with Gasteiger partial charge in [0, 0.05) is 6.21 Å². The summed E-state index contributed by atoms with van der Waals surface area (Å²) in [4.78, 5) is 37.8. The first kappa shape index (κ1) is 13.9. The lowest BCUT2D eigenvalue weighted by Crippen LogP contribution is -2.39. The van der Waals surface area contributed by atoms with Gasteiger partial charge in [-0.2, -0.15) is 0 Å². The van der Waals surface area contributed by atoms with E-state index in [0.717, 1.165) is 6.21 Å². The fraction of sp³-hybridized carbons (Fsp3) is 0.231. The van der Waals surface area contributed by atoms with Gasteiger partial charge in [0.15, 0.2) is 11.7 Å². The molecule has 0 saturated carbocycles. The zero-order valence-corrected chi connectivity index (χ0v) is 10.2. The molecule has 1 heterocycles. The van der Waals surface area contributed by atoms with E-state index in [9.17, 15) is 19.5 Å². The Hall–Kier alpha value is -2.54. The Labute approximate surface area is 113 Å². The summed E-state index contributed by atoms with van der Waals surface area (Å²) in [6, 6.07) is 4.68. The second-order valence-electron chi connectivity index (χ2n) is 4.07. The molecule has 0 aliphatic carbocycles. The fourth-order valence-corrected chi connectivity index (χ4v) is 1.71. The highest BCUT2D eigenvalue weighted by Gasteiger charge is 2.35. The maximum atomic E-state index is 12.1. The molecule has 0 spiro atoms. The molecule has 0 fully saturated rings. The number of Topliss-reactive ketones (excluding diaryl/α,β-unsaturated/α-hetero) is 1. The summed E-state index contributed by atoms with van der Waals surface area (Å²) in [5, 5.41) is 19.4. The van der Waals surface area contributed by atoms with Crippen LogP contribution in [0.25, 0.3) is 0 Å². The molecule has 104 valence electrons. The van der Waals surface area contributed by atoms with Gasteiger partial charge in [0.2, 0.25) is 0 Å². The number of aliphatic hydroxyl groups is 1. The molecule has 7 heteroatoms. The minimum atomic E-state index is -1.60. The average Bonchev–Trinajstić information content (AvgIpc) is 2.42. The Morgan fingerprint density at radius 2 is 2.15 bits per heavy atom. The number of hydrogen-bond acceptors (Lipinski definition) is 7. The number of nitrogens with zero attached hydrogens (tertiary/aromatic N) is 1. The lowest BCUT2D eigenvalue weighted by Gasteiger charge is -2.19. The van der Waals surface area contributed by atoms with E-state index in [2.05, 4.69) is 4.99 Å². The number of para-hydroxylation sites is 1. The number of ether oxygens (including phenoxy) is 1. The van der Waals surface area contributed by atoms with Crippen molar-refractivity contribution >= 4 is 23.9 Å². The molecular weight excluding hydrogens is 266 g/mol. The zero-order valence-electron chi connectivity index (χ0n) is 10.2. The molecule has 1 aromatic rings. The molecule has 1 N–H and O–H groups in total. The van der Waals surface area contributed by atoms with Crippen LogP contribution in [0.3, 0.4) is 0 Å². The maximum Gasteiger partial charge on any atom is 0.327 e. The monoisotopic (exact) mass is 276 g/mol. The highest BCUT2D eigenvalue weighted by atomic mass is 16.5. The number of rotatable bonds is 4. The first-order chi connectivity index (χ1) is 9.54. The standard InChI is InChI=1S/C13H11NO6/c15-6-9(12(17)18)14-5-8-11(16)7-3-1-2-4-10(7)20-13(8)19/h1-5,8-9,15H,6H2,(H,17,18)/p-1/t8-,9-/m1/s1. The molecule has 1 aliphatic rings. The van der Waals surface area contributed by atoms with Gasteiger partial charge in [0.25, 0.3) is 0 Å². The first-order valence-corrected chi connectivity index (χ1v) is 5.74. The second kappa shape index (κ2) is 5.62. The zero-order chi connectivity index (χ0) is 14.7. The van der Waals surface area contributed by atoms with Crippen LogP contribution in [0, 0.1) is 5.92 Å². The van der Waals surface area contributed by atoms with E-state index in [-0.39, 0.29) is 11.3 Å². The van der Waals surface area contributed by atoms with Crippen molar-refractivity contribution in [1.82, 2.24) is 0 Å². The maximum absolute atomic E-state index is 12.1. The Balaban J connectivity index is 2.26. The predicted molar refractivity (Wildman–Crippen MR) is 64.3 cm³/mol. The van der Waals surface area contributed by atoms with Gasteiger partial charge in [-0.3, -0.25) is 14.6 Å². The smallest absolute Gasteiger partial charge is 0.327 e. The van der Waals surface area contributed by atoms with E-state index in [1.165, 1.54) is 12.1 Å². The Morgan fingerprint density at radius 1 is 1.45 bits per heavy atom. The van der Waals surface area contributed by atoms with Gasteiger partial charge >= 0.3 is 5.97 Å². The van der Waals surface area contributed by atoms with Gasteiger partial charge in [-0.25, -0.2) is 0 Å². The minimum Gasteiger partial charge on any atom is -0.548 e. The summed E-state index contributed by atoms with van der Waals surface area (Å²) < 4.78 is 4.96. The van der Waals surface area contributed by atoms with E-state index in [0.29, 0.717) is 0 Å². The summed E-state index contributed by atoms with van der Waals surface area (Å²) in [5.41, 5.74) is 0.220. The molecular formula is C13H10NO6-. The van der Waals surface area contributed by atoms with Crippen molar-refractivity contribution in [1.29, 1.82) is 0 Å². The summed E-state index contributed by atoms with van der Waals surface area (Å²) in [5.74, 6) is -4.13. The number of carboxylic acids is 1. The molecule has 0 saturated heterocycles. The highest BCUT2D eigenvalue weighted by Crippen LogP contribution is 2.26. The third-order valence-corrected chi connectivity index (χ3v) is 2.76. The van der Waals surface area contributed by atoms with Gasteiger partial charge in [-0.05, 0) is 12.1 Å². The van der Waals surface area contributed by atoms with Gasteiger partial charge < -0.3 is 19.7 Å². The van der Waals surface area contributed by atoms with Crippen LogP contribution >= 0.6 is 0 Å². The van der Waals surface area contributed by atoms with Crippen molar-refractivity contribution in [3.8, 4) is 5.75 Å². The summed E-state index contributed by atoms with van der Waals surface area (Å²) in [6.45, 7) is -0.786. The molecule has 2 atom stereocenters. The van der Waals surface area contributed by atoms with E-state index < -0.39 is 36.3 Å². The van der Waals surface area contributed by atoms with Crippen LogP contribution in [-0.4, -0.2) is 41.7 Å². The molecule has 0 amide bonds. The molecule has 1 aliphatic heterocycles. The predicted octanol–water partition coefficient (Wildman–Crippen LogP) is -1.41. The summed E-state index contributed by atoms with van der Waals surface area (Å²) in [6.07, 6.45) is 0.872. The number of aliphatic carboxylic acids is 1. The van der Waals surface area contributed by atoms with Crippen molar-refractivity contribution in [3.63, 3.8) is 0 Å². The number of fused-ring (bicyclic) bond motifs is 1. The van der Waals surface area contributed by atoms with Crippen LogP contribution in [0.5, 0.6) is 5.75 Å². The second-order valence-corrected chi connectivity index (χ2v) is 4.07. The topological polar surface area (TPSA) is 116 Å². The van der Waals surface area contributed by atoms with Gasteiger partial charge in [0.1, 0.15) is 11.8 Å². The number of aliphatic hydroxyl groups excluding tert-OH is 1. The number of benzene rings is 1. The Morgan fingerprint density at radius 3 is 2.80 bits per heavy atom. The van der Waals surface area contributed by atoms with Crippen LogP contribution in [0.2, 0.25) is 0 Å². The van der Waals surface area contributed by atoms with E-state index in [1.807, 2.05) is 0 Å². The quantitative estimate of drug-likeness (QED) is 0.312. The molecule has 2 rings (SSSR count). The van der Waals surface area contributed by atoms with Gasteiger partial charge in [0.05, 0.1) is 18.1 Å². The number of aliphatic imine (C=N–C) groups is 1. The lowest BCUT2D eigenvalue weighted by molar-refractivity contribution is -0.308. The first-order valence-electron chi connectivity index (χ1n) is 5.74. The average molecular weight is 276 g/mol. The number of hydrogen-bond donors (Lipinski definition) is 1. The van der Waals surface area contributed by atoms with Crippen molar-refractivity contribution in [3.05, 3.63) is 29.8 Å². The van der Waals surface area contributed by atoms with Crippen LogP contribution in [0.1, 0.15) is 10.4 Å². The van der Waals surface area contributed by atoms with Crippen LogP contribution < -0.4 is 9.84 Å². The molecule has 0 aromatic heterocycles. The normalized spacial score (nSPS) is 19.6. The van der Waals surface area contributed by atoms with Gasteiger partial charge in [-0.15, -0.1) is 0 Å². The molecule has 0 unspecified atom stereocenters. The highest BCUT2D eigenvalue weighted by molar-refractivity contribution is 6.22. The number of carboxylic acid groups (broad SMARTS) is 1. The van der Waals surface area contributed by atoms with Crippen molar-refractivity contribution in [2.45, 2.75) is 6.04 Å². The van der Waals surface area contributed by atoms with Crippen molar-refractivity contribution in [2.24, 2.45) is 10.9 Å². The number of esters is 1. The van der Waals surface area contributed by atoms with Crippen LogP contribution in [0.15, 0.2) is 29.3 Å². The fourth-order valence-electron chi connectivity index (χ4n) is 1.71. The minimum absolute atomic E-state index is 0.158. The summed E-state index contributed by atoms with van der Waals surface area (Å²) in [7, 11) is 0. The Bertz CT molecular complexity index is 594. The van der Waals surface area contributed by atoms with E-state index in [1.54, 1.807) is 12.1 Å². The number of carbonyl (C=O) groups excluding carboxylic acids is 3. The molecule has 0 radical (unpaired) electrons. The molecule has 7 nitrogen and oxygen atoms in total. The van der Waals surface area contributed by atoms with Gasteiger partial charge in [-0.1, -0.05) is 12.1 Å². The molecule has 0 bridgehead atoms. The van der Waals surface area contributed by atoms with E-state index in [4.69, 9.17) is 9.84 Å². The lowest BCUT2D eigenvalue weighted by atomic mass is 9.95. The molecule has 20 heavy (non-hydrogen) atoms. The van der Waals surface area contributed by atoms with Crippen LogP contribution in [-0.2, 0) is 9.59 Å². The third kappa shape index (κ3) is 2.57.